The van der Waals surface area contributed by atoms with Gasteiger partial charge in [0.1, 0.15) is 24.1 Å². The minimum Gasteiger partial charge on any atom is -0.462 e. The Morgan fingerprint density at radius 3 is 2.42 bits per heavy atom. The van der Waals surface area contributed by atoms with E-state index in [1.807, 2.05) is 32.1 Å². The Labute approximate surface area is 212 Å². The van der Waals surface area contributed by atoms with Gasteiger partial charge in [0, 0.05) is 12.3 Å². The molecule has 0 aromatic rings. The standard InChI is InChI=1S/C28H38O8/c1-6-26(4,5)25(34)36-28(16-31)24-19(11-18(3)27(28,14-29)15-30)8-7-17(2)22(24)10-9-21-12-20(32)13-23(33)35-21/h7-8,11,14-18,20-22,24,32H,6,9-10,12-13H2,1-5H3/t17?,18-,20+,21?,22-,24-,28+/m0/s1. The molecule has 36 heavy (non-hydrogen) atoms. The lowest BCUT2D eigenvalue weighted by Gasteiger charge is -2.55. The molecule has 1 saturated heterocycles. The van der Waals surface area contributed by atoms with Gasteiger partial charge in [-0.3, -0.25) is 14.4 Å². The van der Waals surface area contributed by atoms with Crippen molar-refractivity contribution in [2.75, 3.05) is 0 Å². The molecule has 8 heteroatoms. The molecule has 1 aliphatic heterocycles. The second kappa shape index (κ2) is 10.4. The third-order valence-electron chi connectivity index (χ3n) is 8.71. The van der Waals surface area contributed by atoms with Crippen LogP contribution in [0, 0.1) is 34.5 Å². The van der Waals surface area contributed by atoms with E-state index in [1.54, 1.807) is 20.8 Å². The number of allylic oxidation sites excluding steroid dienone is 3. The Bertz CT molecular complexity index is 955. The molecule has 1 heterocycles. The minimum absolute atomic E-state index is 0.0366. The van der Waals surface area contributed by atoms with Gasteiger partial charge in [0.05, 0.1) is 17.9 Å². The van der Waals surface area contributed by atoms with Gasteiger partial charge in [0.25, 0.3) is 0 Å². The van der Waals surface area contributed by atoms with Gasteiger partial charge < -0.3 is 24.2 Å². The predicted octanol–water partition coefficient (Wildman–Crippen LogP) is 3.15. The Morgan fingerprint density at radius 2 is 1.86 bits per heavy atom. The maximum atomic E-state index is 13.4. The van der Waals surface area contributed by atoms with Gasteiger partial charge in [-0.25, -0.2) is 0 Å². The fourth-order valence-corrected chi connectivity index (χ4v) is 5.90. The Hall–Kier alpha value is -2.61. The molecule has 0 bridgehead atoms. The van der Waals surface area contributed by atoms with Crippen molar-refractivity contribution < 1.29 is 38.6 Å². The molecule has 0 saturated carbocycles. The zero-order valence-electron chi connectivity index (χ0n) is 21.8. The summed E-state index contributed by atoms with van der Waals surface area (Å²) in [6.45, 7) is 8.86. The number of rotatable bonds is 9. The number of aldehydes is 3. The average molecular weight is 503 g/mol. The molecule has 198 valence electrons. The van der Waals surface area contributed by atoms with Gasteiger partial charge >= 0.3 is 11.9 Å². The molecule has 3 rings (SSSR count). The summed E-state index contributed by atoms with van der Waals surface area (Å²) in [6, 6.07) is 0. The number of fused-ring (bicyclic) bond motifs is 1. The molecule has 0 aromatic carbocycles. The van der Waals surface area contributed by atoms with E-state index in [1.165, 1.54) is 0 Å². The number of aliphatic hydroxyl groups is 1. The third kappa shape index (κ3) is 4.60. The quantitative estimate of drug-likeness (QED) is 0.290. The monoisotopic (exact) mass is 502 g/mol. The number of hydrogen-bond donors (Lipinski definition) is 1. The molecule has 1 fully saturated rings. The van der Waals surface area contributed by atoms with E-state index in [0.29, 0.717) is 44.5 Å². The van der Waals surface area contributed by atoms with Crippen LogP contribution in [0.5, 0.6) is 0 Å². The highest BCUT2D eigenvalue weighted by Gasteiger charge is 2.67. The average Bonchev–Trinajstić information content (AvgIpc) is 2.83. The summed E-state index contributed by atoms with van der Waals surface area (Å²) in [5.41, 5.74) is -4.12. The molecule has 8 nitrogen and oxygen atoms in total. The van der Waals surface area contributed by atoms with E-state index in [0.717, 1.165) is 5.57 Å². The lowest BCUT2D eigenvalue weighted by Crippen LogP contribution is -2.67. The van der Waals surface area contributed by atoms with Crippen LogP contribution in [0.4, 0.5) is 0 Å². The van der Waals surface area contributed by atoms with E-state index in [4.69, 9.17) is 9.47 Å². The zero-order valence-corrected chi connectivity index (χ0v) is 21.8. The minimum atomic E-state index is -2.03. The SMILES string of the molecule is CCC(C)(C)C(=O)O[C@]1(C=O)[C@H]2C(=C[C@H](C)C1(C=O)C=O)C=CC(C)[C@@H]2CCC1C[C@@H](O)CC(=O)O1. The molecular formula is C28H38O8. The highest BCUT2D eigenvalue weighted by Crippen LogP contribution is 2.56. The number of cyclic esters (lactones) is 1. The van der Waals surface area contributed by atoms with Crippen LogP contribution in [0.2, 0.25) is 0 Å². The molecule has 2 aliphatic carbocycles. The highest BCUT2D eigenvalue weighted by atomic mass is 16.6. The Balaban J connectivity index is 2.10. The van der Waals surface area contributed by atoms with Crippen molar-refractivity contribution in [2.45, 2.75) is 84.5 Å². The van der Waals surface area contributed by atoms with Crippen LogP contribution in [-0.2, 0) is 33.4 Å². The third-order valence-corrected chi connectivity index (χ3v) is 8.71. The molecule has 0 spiro atoms. The fourth-order valence-electron chi connectivity index (χ4n) is 5.90. The Kier molecular flexibility index (Phi) is 8.08. The summed E-state index contributed by atoms with van der Waals surface area (Å²) >= 11 is 0. The van der Waals surface area contributed by atoms with Crippen molar-refractivity contribution in [1.29, 1.82) is 0 Å². The lowest BCUT2D eigenvalue weighted by atomic mass is 9.51. The maximum absolute atomic E-state index is 13.4. The molecule has 0 aromatic heterocycles. The van der Waals surface area contributed by atoms with Crippen LogP contribution in [0.3, 0.4) is 0 Å². The van der Waals surface area contributed by atoms with Gasteiger partial charge in [-0.1, -0.05) is 39.0 Å². The summed E-state index contributed by atoms with van der Waals surface area (Å²) in [7, 11) is 0. The number of carbonyl (C=O) groups excluding carboxylic acids is 5. The van der Waals surface area contributed by atoms with Gasteiger partial charge in [-0.15, -0.1) is 0 Å². The lowest BCUT2D eigenvalue weighted by molar-refractivity contribution is -0.201. The number of aliphatic hydroxyl groups excluding tert-OH is 1. The van der Waals surface area contributed by atoms with Gasteiger partial charge in [0.15, 0.2) is 11.9 Å². The van der Waals surface area contributed by atoms with Crippen LogP contribution >= 0.6 is 0 Å². The summed E-state index contributed by atoms with van der Waals surface area (Å²) < 4.78 is 11.5. The predicted molar refractivity (Wildman–Crippen MR) is 130 cm³/mol. The van der Waals surface area contributed by atoms with E-state index in [-0.39, 0.29) is 18.3 Å². The first-order valence-electron chi connectivity index (χ1n) is 12.8. The van der Waals surface area contributed by atoms with Crippen molar-refractivity contribution in [3.8, 4) is 0 Å². The van der Waals surface area contributed by atoms with Crippen molar-refractivity contribution in [3.63, 3.8) is 0 Å². The second-order valence-electron chi connectivity index (χ2n) is 11.3. The van der Waals surface area contributed by atoms with Crippen LogP contribution in [0.25, 0.3) is 0 Å². The molecule has 7 atom stereocenters. The van der Waals surface area contributed by atoms with Crippen molar-refractivity contribution in [1.82, 2.24) is 0 Å². The summed E-state index contributed by atoms with van der Waals surface area (Å²) in [5, 5.41) is 10.0. The number of ether oxygens (including phenoxy) is 2. The largest absolute Gasteiger partial charge is 0.462 e. The first kappa shape index (κ1) is 28.0. The first-order valence-corrected chi connectivity index (χ1v) is 12.8. The number of esters is 2. The van der Waals surface area contributed by atoms with Crippen LogP contribution < -0.4 is 0 Å². The zero-order chi connectivity index (χ0) is 26.9. The molecule has 0 radical (unpaired) electrons. The van der Waals surface area contributed by atoms with E-state index >= 15 is 0 Å². The summed E-state index contributed by atoms with van der Waals surface area (Å²) in [4.78, 5) is 63.5. The topological polar surface area (TPSA) is 124 Å². The van der Waals surface area contributed by atoms with Crippen molar-refractivity contribution in [2.24, 2.45) is 34.5 Å². The molecule has 0 amide bonds. The van der Waals surface area contributed by atoms with Crippen LogP contribution in [0.1, 0.15) is 66.7 Å². The fraction of sp³-hybridized carbons (Fsp3) is 0.679. The first-order chi connectivity index (χ1) is 16.9. The molecule has 3 aliphatic rings. The smallest absolute Gasteiger partial charge is 0.312 e. The van der Waals surface area contributed by atoms with Crippen LogP contribution in [-0.4, -0.2) is 53.7 Å². The molecular weight excluding hydrogens is 464 g/mol. The number of hydrogen-bond acceptors (Lipinski definition) is 8. The molecule has 1 N–H and O–H groups in total. The highest BCUT2D eigenvalue weighted by molar-refractivity contribution is 5.96. The Morgan fingerprint density at radius 1 is 1.19 bits per heavy atom. The molecule has 2 unspecified atom stereocenters. The summed E-state index contributed by atoms with van der Waals surface area (Å²) in [6.07, 6.45) is 7.44. The van der Waals surface area contributed by atoms with E-state index in [9.17, 15) is 29.1 Å². The maximum Gasteiger partial charge on any atom is 0.312 e. The summed E-state index contributed by atoms with van der Waals surface area (Å²) in [5.74, 6) is -2.92. The van der Waals surface area contributed by atoms with Gasteiger partial charge in [0.2, 0.25) is 0 Å². The van der Waals surface area contributed by atoms with Crippen molar-refractivity contribution in [3.05, 3.63) is 23.8 Å². The van der Waals surface area contributed by atoms with Crippen molar-refractivity contribution >= 4 is 30.8 Å². The van der Waals surface area contributed by atoms with E-state index in [2.05, 4.69) is 0 Å². The van der Waals surface area contributed by atoms with Crippen LogP contribution in [0.15, 0.2) is 23.8 Å². The number of carbonyl (C=O) groups is 5. The second-order valence-corrected chi connectivity index (χ2v) is 11.3. The van der Waals surface area contributed by atoms with Gasteiger partial charge in [-0.2, -0.15) is 0 Å². The normalized spacial score (nSPS) is 35.6. The van der Waals surface area contributed by atoms with E-state index < -0.39 is 52.4 Å². The van der Waals surface area contributed by atoms with Gasteiger partial charge in [-0.05, 0) is 56.4 Å².